The second-order valence-corrected chi connectivity index (χ2v) is 7.31. The first-order chi connectivity index (χ1) is 14.2. The Morgan fingerprint density at radius 3 is 2.06 bits per heavy atom. The molecule has 0 aromatic heterocycles. The van der Waals surface area contributed by atoms with Crippen molar-refractivity contribution in [2.45, 2.75) is 32.5 Å². The summed E-state index contributed by atoms with van der Waals surface area (Å²) in [6, 6.07) is 6.11. The molecule has 2 aromatic rings. The number of nitrogens with one attached hydrogen (secondary N) is 3. The zero-order valence-corrected chi connectivity index (χ0v) is 16.7. The Balaban J connectivity index is 2.01. The van der Waals surface area contributed by atoms with Crippen LogP contribution in [0.1, 0.15) is 36.7 Å². The molecule has 0 bridgehead atoms. The fourth-order valence-electron chi connectivity index (χ4n) is 2.30. The molecule has 0 aliphatic heterocycles. The number of carbonyl (C=O) groups is 3. The molecule has 0 atom stereocenters. The molecule has 4 amide bonds. The summed E-state index contributed by atoms with van der Waals surface area (Å²) in [6.45, 7) is 5.06. The molecule has 31 heavy (non-hydrogen) atoms. The molecule has 0 aliphatic carbocycles. The van der Waals surface area contributed by atoms with Crippen LogP contribution in [0.15, 0.2) is 42.5 Å². The van der Waals surface area contributed by atoms with Gasteiger partial charge in [0, 0.05) is 11.4 Å². The zero-order valence-electron chi connectivity index (χ0n) is 16.7. The van der Waals surface area contributed by atoms with Crippen LogP contribution in [0.25, 0.3) is 0 Å². The van der Waals surface area contributed by atoms with Gasteiger partial charge in [-0.15, -0.1) is 0 Å². The second-order valence-electron chi connectivity index (χ2n) is 7.31. The van der Waals surface area contributed by atoms with Gasteiger partial charge in [0.1, 0.15) is 11.4 Å². The fraction of sp³-hybridized carbons (Fsp3) is 0.250. The molecule has 0 spiro atoms. The van der Waals surface area contributed by atoms with E-state index in [0.717, 1.165) is 0 Å². The molecular formula is C20H19F4N3O4. The van der Waals surface area contributed by atoms with Crippen LogP contribution in [-0.2, 0) is 10.9 Å². The van der Waals surface area contributed by atoms with Gasteiger partial charge < -0.3 is 10.1 Å². The van der Waals surface area contributed by atoms with Crippen molar-refractivity contribution < 1.29 is 36.7 Å². The Bertz CT molecular complexity index is 1000. The number of hydrogen-bond acceptors (Lipinski definition) is 4. The molecule has 166 valence electrons. The number of anilines is 2. The largest absolute Gasteiger partial charge is 0.444 e. The number of benzene rings is 2. The maximum absolute atomic E-state index is 13.9. The van der Waals surface area contributed by atoms with E-state index in [9.17, 15) is 31.9 Å². The van der Waals surface area contributed by atoms with E-state index in [1.165, 1.54) is 24.3 Å². The van der Waals surface area contributed by atoms with E-state index in [1.54, 1.807) is 20.8 Å². The molecule has 0 aliphatic rings. The van der Waals surface area contributed by atoms with Gasteiger partial charge >= 0.3 is 18.3 Å². The number of hydrogen-bond donors (Lipinski definition) is 3. The minimum absolute atomic E-state index is 0.165. The second kappa shape index (κ2) is 9.02. The number of ether oxygens (including phenoxy) is 1. The fourth-order valence-corrected chi connectivity index (χ4v) is 2.30. The standard InChI is InChI=1S/C20H19F4N3O4/c1-19(2,3)31-18(30)26-13-6-4-5-12(10-13)25-17(29)27-16(28)14-8-7-11(9-15(14)21)20(22,23)24/h4-10H,1-3H3,(H,26,30)(H2,25,27,28,29). The van der Waals surface area contributed by atoms with Crippen LogP contribution in [0.3, 0.4) is 0 Å². The lowest BCUT2D eigenvalue weighted by Crippen LogP contribution is -2.35. The molecule has 3 N–H and O–H groups in total. The molecule has 0 saturated carbocycles. The molecule has 0 fully saturated rings. The summed E-state index contributed by atoms with van der Waals surface area (Å²) in [5.41, 5.74) is -2.25. The van der Waals surface area contributed by atoms with Gasteiger partial charge in [0.05, 0.1) is 11.1 Å². The molecule has 0 heterocycles. The van der Waals surface area contributed by atoms with Crippen molar-refractivity contribution in [1.29, 1.82) is 0 Å². The first-order valence-electron chi connectivity index (χ1n) is 8.84. The first kappa shape index (κ1) is 23.6. The lowest BCUT2D eigenvalue weighted by molar-refractivity contribution is -0.137. The Kier molecular flexibility index (Phi) is 6.88. The predicted molar refractivity (Wildman–Crippen MR) is 104 cm³/mol. The third-order valence-electron chi connectivity index (χ3n) is 3.53. The van der Waals surface area contributed by atoms with Crippen molar-refractivity contribution >= 4 is 29.4 Å². The Morgan fingerprint density at radius 1 is 0.903 bits per heavy atom. The van der Waals surface area contributed by atoms with Gasteiger partial charge in [-0.05, 0) is 57.2 Å². The van der Waals surface area contributed by atoms with E-state index in [1.807, 2.05) is 5.32 Å². The average molecular weight is 441 g/mol. The van der Waals surface area contributed by atoms with E-state index < -0.39 is 46.8 Å². The number of rotatable bonds is 3. The van der Waals surface area contributed by atoms with Gasteiger partial charge in [-0.2, -0.15) is 13.2 Å². The number of amides is 4. The van der Waals surface area contributed by atoms with Crippen LogP contribution in [0.5, 0.6) is 0 Å². The topological polar surface area (TPSA) is 96.5 Å². The summed E-state index contributed by atoms with van der Waals surface area (Å²) in [4.78, 5) is 35.8. The van der Waals surface area contributed by atoms with Crippen LogP contribution in [-0.4, -0.2) is 23.6 Å². The summed E-state index contributed by atoms with van der Waals surface area (Å²) >= 11 is 0. The summed E-state index contributed by atoms with van der Waals surface area (Å²) in [5.74, 6) is -2.66. The van der Waals surface area contributed by atoms with Crippen molar-refractivity contribution in [2.75, 3.05) is 10.6 Å². The van der Waals surface area contributed by atoms with Crippen LogP contribution in [0.4, 0.5) is 38.5 Å². The van der Waals surface area contributed by atoms with Gasteiger partial charge in [0.15, 0.2) is 0 Å². The van der Waals surface area contributed by atoms with Crippen molar-refractivity contribution in [3.05, 3.63) is 59.4 Å². The summed E-state index contributed by atoms with van der Waals surface area (Å²) < 4.78 is 56.7. The van der Waals surface area contributed by atoms with Gasteiger partial charge in [0.25, 0.3) is 5.91 Å². The lowest BCUT2D eigenvalue weighted by atomic mass is 10.1. The number of alkyl halides is 3. The normalized spacial score (nSPS) is 11.5. The predicted octanol–water partition coefficient (Wildman–Crippen LogP) is 5.15. The Labute approximate surface area is 174 Å². The third kappa shape index (κ3) is 7.28. The van der Waals surface area contributed by atoms with E-state index in [0.29, 0.717) is 12.1 Å². The van der Waals surface area contributed by atoms with E-state index in [-0.39, 0.29) is 17.4 Å². The molecule has 7 nitrogen and oxygen atoms in total. The molecule has 2 rings (SSSR count). The average Bonchev–Trinajstić information content (AvgIpc) is 2.59. The Hall–Kier alpha value is -3.63. The van der Waals surface area contributed by atoms with Crippen molar-refractivity contribution in [3.8, 4) is 0 Å². The van der Waals surface area contributed by atoms with E-state index >= 15 is 0 Å². The van der Waals surface area contributed by atoms with Crippen LogP contribution in [0, 0.1) is 5.82 Å². The first-order valence-corrected chi connectivity index (χ1v) is 8.84. The van der Waals surface area contributed by atoms with Gasteiger partial charge in [-0.1, -0.05) is 6.07 Å². The molecule has 0 radical (unpaired) electrons. The summed E-state index contributed by atoms with van der Waals surface area (Å²) in [6.07, 6.45) is -5.49. The monoisotopic (exact) mass is 441 g/mol. The number of carbonyl (C=O) groups excluding carboxylic acids is 3. The molecule has 0 unspecified atom stereocenters. The highest BCUT2D eigenvalue weighted by molar-refractivity contribution is 6.08. The highest BCUT2D eigenvalue weighted by Crippen LogP contribution is 2.30. The summed E-state index contributed by atoms with van der Waals surface area (Å²) in [5, 5.41) is 6.57. The molecule has 11 heteroatoms. The van der Waals surface area contributed by atoms with Gasteiger partial charge in [-0.3, -0.25) is 15.4 Å². The van der Waals surface area contributed by atoms with Crippen molar-refractivity contribution in [1.82, 2.24) is 5.32 Å². The lowest BCUT2D eigenvalue weighted by Gasteiger charge is -2.19. The third-order valence-corrected chi connectivity index (χ3v) is 3.53. The van der Waals surface area contributed by atoms with Crippen LogP contribution in [0.2, 0.25) is 0 Å². The molecule has 2 aromatic carbocycles. The Morgan fingerprint density at radius 2 is 1.52 bits per heavy atom. The SMILES string of the molecule is CC(C)(C)OC(=O)Nc1cccc(NC(=O)NC(=O)c2ccc(C(F)(F)F)cc2F)c1. The van der Waals surface area contributed by atoms with Crippen LogP contribution >= 0.6 is 0 Å². The van der Waals surface area contributed by atoms with Gasteiger partial charge in [-0.25, -0.2) is 14.0 Å². The van der Waals surface area contributed by atoms with Gasteiger partial charge in [0.2, 0.25) is 0 Å². The van der Waals surface area contributed by atoms with Crippen molar-refractivity contribution in [2.24, 2.45) is 0 Å². The van der Waals surface area contributed by atoms with E-state index in [2.05, 4.69) is 10.6 Å². The summed E-state index contributed by atoms with van der Waals surface area (Å²) in [7, 11) is 0. The smallest absolute Gasteiger partial charge is 0.416 e. The van der Waals surface area contributed by atoms with E-state index in [4.69, 9.17) is 4.74 Å². The highest BCUT2D eigenvalue weighted by Gasteiger charge is 2.31. The number of urea groups is 1. The quantitative estimate of drug-likeness (QED) is 0.574. The minimum atomic E-state index is -4.77. The maximum atomic E-state index is 13.9. The molecular weight excluding hydrogens is 422 g/mol. The number of halogens is 4. The minimum Gasteiger partial charge on any atom is -0.444 e. The number of imide groups is 1. The van der Waals surface area contributed by atoms with Crippen LogP contribution < -0.4 is 16.0 Å². The van der Waals surface area contributed by atoms with Crippen molar-refractivity contribution in [3.63, 3.8) is 0 Å². The maximum Gasteiger partial charge on any atom is 0.416 e. The zero-order chi connectivity index (χ0) is 23.4. The molecule has 0 saturated heterocycles. The highest BCUT2D eigenvalue weighted by atomic mass is 19.4.